The van der Waals surface area contributed by atoms with E-state index in [1.165, 1.54) is 65.2 Å². The maximum atomic E-state index is 3.71. The maximum absolute atomic E-state index is 3.71. The summed E-state index contributed by atoms with van der Waals surface area (Å²) in [5.74, 6) is 0.848. The molecule has 19 heavy (non-hydrogen) atoms. The Hall–Kier alpha value is -0.160. The van der Waals surface area contributed by atoms with Gasteiger partial charge in [-0.15, -0.1) is 0 Å². The number of hydrogen-bond donors (Lipinski definition) is 1. The number of nitrogens with one attached hydrogen (secondary N) is 1. The van der Waals surface area contributed by atoms with Crippen molar-refractivity contribution < 1.29 is 0 Å². The first-order valence-electron chi connectivity index (χ1n) is 7.98. The molecule has 2 rings (SSSR count). The molecule has 2 aliphatic rings. The van der Waals surface area contributed by atoms with Crippen molar-refractivity contribution in [2.75, 3.05) is 66.5 Å². The molecule has 0 aliphatic carbocycles. The number of nitrogens with zero attached hydrogens (tertiary/aromatic N) is 3. The molecule has 2 atom stereocenters. The second-order valence-corrected chi connectivity index (χ2v) is 6.63. The Morgan fingerprint density at radius 2 is 1.79 bits per heavy atom. The zero-order valence-electron chi connectivity index (χ0n) is 13.1. The molecule has 112 valence electrons. The monoisotopic (exact) mass is 268 g/mol. The quantitative estimate of drug-likeness (QED) is 0.786. The summed E-state index contributed by atoms with van der Waals surface area (Å²) < 4.78 is 0. The SMILES string of the molecule is CC1CCCNC1CN1CCN(CCN(C)C)CC1. The lowest BCUT2D eigenvalue weighted by molar-refractivity contribution is 0.105. The number of likely N-dealkylation sites (N-methyl/N-ethyl adjacent to an activating group) is 1. The van der Waals surface area contributed by atoms with Crippen molar-refractivity contribution >= 4 is 0 Å². The van der Waals surface area contributed by atoms with E-state index in [0.717, 1.165) is 12.0 Å². The third-order valence-electron chi connectivity index (χ3n) is 4.71. The Morgan fingerprint density at radius 1 is 1.11 bits per heavy atom. The second kappa shape index (κ2) is 7.58. The van der Waals surface area contributed by atoms with E-state index < -0.39 is 0 Å². The van der Waals surface area contributed by atoms with Crippen LogP contribution >= 0.6 is 0 Å². The first-order chi connectivity index (χ1) is 9.15. The third-order valence-corrected chi connectivity index (χ3v) is 4.71. The van der Waals surface area contributed by atoms with Crippen molar-refractivity contribution in [3.63, 3.8) is 0 Å². The summed E-state index contributed by atoms with van der Waals surface area (Å²) in [6, 6.07) is 0.724. The highest BCUT2D eigenvalue weighted by atomic mass is 15.3. The van der Waals surface area contributed by atoms with Crippen LogP contribution in [0.4, 0.5) is 0 Å². The van der Waals surface area contributed by atoms with Gasteiger partial charge in [-0.1, -0.05) is 6.92 Å². The van der Waals surface area contributed by atoms with Gasteiger partial charge >= 0.3 is 0 Å². The zero-order valence-corrected chi connectivity index (χ0v) is 13.1. The van der Waals surface area contributed by atoms with Crippen LogP contribution in [0, 0.1) is 5.92 Å². The maximum Gasteiger partial charge on any atom is 0.0220 e. The van der Waals surface area contributed by atoms with Crippen LogP contribution in [-0.4, -0.2) is 87.2 Å². The largest absolute Gasteiger partial charge is 0.312 e. The Balaban J connectivity index is 1.65. The summed E-state index contributed by atoms with van der Waals surface area (Å²) in [6.45, 7) is 12.3. The van der Waals surface area contributed by atoms with Gasteiger partial charge in [-0.25, -0.2) is 0 Å². The normalized spacial score (nSPS) is 30.9. The molecule has 4 heteroatoms. The van der Waals surface area contributed by atoms with Crippen LogP contribution in [0.25, 0.3) is 0 Å². The summed E-state index contributed by atoms with van der Waals surface area (Å²) in [5.41, 5.74) is 0. The summed E-state index contributed by atoms with van der Waals surface area (Å²) in [5, 5.41) is 3.71. The first kappa shape index (κ1) is 15.2. The lowest BCUT2D eigenvalue weighted by Crippen LogP contribution is -2.54. The molecule has 0 spiro atoms. The minimum Gasteiger partial charge on any atom is -0.312 e. The molecule has 2 fully saturated rings. The van der Waals surface area contributed by atoms with Crippen LogP contribution in [0.15, 0.2) is 0 Å². The van der Waals surface area contributed by atoms with Crippen LogP contribution in [0.1, 0.15) is 19.8 Å². The molecule has 0 radical (unpaired) electrons. The van der Waals surface area contributed by atoms with E-state index >= 15 is 0 Å². The van der Waals surface area contributed by atoms with E-state index in [-0.39, 0.29) is 0 Å². The van der Waals surface area contributed by atoms with Gasteiger partial charge in [0.05, 0.1) is 0 Å². The Kier molecular flexibility index (Phi) is 6.07. The third kappa shape index (κ3) is 5.03. The topological polar surface area (TPSA) is 21.8 Å². The van der Waals surface area contributed by atoms with Crippen molar-refractivity contribution in [2.45, 2.75) is 25.8 Å². The lowest BCUT2D eigenvalue weighted by Gasteiger charge is -2.39. The molecule has 0 aromatic carbocycles. The minimum absolute atomic E-state index is 0.724. The fraction of sp³-hybridized carbons (Fsp3) is 1.00. The molecular formula is C15H32N4. The van der Waals surface area contributed by atoms with Gasteiger partial charge in [0.15, 0.2) is 0 Å². The highest BCUT2D eigenvalue weighted by Gasteiger charge is 2.25. The minimum atomic E-state index is 0.724. The van der Waals surface area contributed by atoms with Crippen molar-refractivity contribution in [2.24, 2.45) is 5.92 Å². The van der Waals surface area contributed by atoms with Gasteiger partial charge in [-0.2, -0.15) is 0 Å². The molecule has 4 nitrogen and oxygen atoms in total. The van der Waals surface area contributed by atoms with Gasteiger partial charge in [0.2, 0.25) is 0 Å². The fourth-order valence-electron chi connectivity index (χ4n) is 3.17. The fourth-order valence-corrected chi connectivity index (χ4v) is 3.17. The molecular weight excluding hydrogens is 236 g/mol. The molecule has 1 N–H and O–H groups in total. The standard InChI is InChI=1S/C15H32N4/c1-14-5-4-6-16-15(14)13-19-11-9-18(10-12-19)8-7-17(2)3/h14-16H,4-13H2,1-3H3. The molecule has 0 amide bonds. The molecule has 0 aromatic heterocycles. The Labute approximate surface area is 119 Å². The van der Waals surface area contributed by atoms with Gasteiger partial charge in [-0.05, 0) is 39.4 Å². The smallest absolute Gasteiger partial charge is 0.0220 e. The molecule has 0 aromatic rings. The highest BCUT2D eigenvalue weighted by Crippen LogP contribution is 2.17. The molecule has 2 aliphatic heterocycles. The highest BCUT2D eigenvalue weighted by molar-refractivity contribution is 4.83. The van der Waals surface area contributed by atoms with Crippen molar-refractivity contribution in [3.8, 4) is 0 Å². The van der Waals surface area contributed by atoms with Gasteiger partial charge in [-0.3, -0.25) is 9.80 Å². The number of rotatable bonds is 5. The summed E-state index contributed by atoms with van der Waals surface area (Å²) in [6.07, 6.45) is 2.76. The van der Waals surface area contributed by atoms with Crippen LogP contribution in [-0.2, 0) is 0 Å². The molecule has 2 heterocycles. The predicted molar refractivity (Wildman–Crippen MR) is 81.6 cm³/mol. The number of hydrogen-bond acceptors (Lipinski definition) is 4. The zero-order chi connectivity index (χ0) is 13.7. The average Bonchev–Trinajstić information content (AvgIpc) is 2.40. The van der Waals surface area contributed by atoms with Crippen LogP contribution in [0.5, 0.6) is 0 Å². The van der Waals surface area contributed by atoms with Gasteiger partial charge in [0, 0.05) is 51.9 Å². The van der Waals surface area contributed by atoms with Gasteiger partial charge in [0.25, 0.3) is 0 Å². The van der Waals surface area contributed by atoms with E-state index in [1.54, 1.807) is 0 Å². The molecule has 2 unspecified atom stereocenters. The Bertz CT molecular complexity index is 249. The average molecular weight is 268 g/mol. The first-order valence-corrected chi connectivity index (χ1v) is 7.98. The van der Waals surface area contributed by atoms with Crippen LogP contribution < -0.4 is 5.32 Å². The van der Waals surface area contributed by atoms with Crippen molar-refractivity contribution in [1.29, 1.82) is 0 Å². The second-order valence-electron chi connectivity index (χ2n) is 6.63. The van der Waals surface area contributed by atoms with E-state index in [1.807, 2.05) is 0 Å². The number of piperidine rings is 1. The predicted octanol–water partition coefficient (Wildman–Crippen LogP) is 0.554. The van der Waals surface area contributed by atoms with Gasteiger partial charge in [0.1, 0.15) is 0 Å². The van der Waals surface area contributed by atoms with Crippen LogP contribution in [0.2, 0.25) is 0 Å². The molecule has 0 bridgehead atoms. The van der Waals surface area contributed by atoms with Crippen molar-refractivity contribution in [1.82, 2.24) is 20.0 Å². The van der Waals surface area contributed by atoms with E-state index in [4.69, 9.17) is 0 Å². The number of piperazine rings is 1. The van der Waals surface area contributed by atoms with E-state index in [2.05, 4.69) is 41.0 Å². The lowest BCUT2D eigenvalue weighted by atomic mass is 9.92. The van der Waals surface area contributed by atoms with Gasteiger partial charge < -0.3 is 10.2 Å². The molecule has 0 saturated carbocycles. The summed E-state index contributed by atoms with van der Waals surface area (Å²) in [7, 11) is 4.32. The molecule has 2 saturated heterocycles. The van der Waals surface area contributed by atoms with Crippen molar-refractivity contribution in [3.05, 3.63) is 0 Å². The van der Waals surface area contributed by atoms with E-state index in [9.17, 15) is 0 Å². The summed E-state index contributed by atoms with van der Waals surface area (Å²) in [4.78, 5) is 7.54. The summed E-state index contributed by atoms with van der Waals surface area (Å²) >= 11 is 0. The Morgan fingerprint density at radius 3 is 2.42 bits per heavy atom. The van der Waals surface area contributed by atoms with Crippen LogP contribution in [0.3, 0.4) is 0 Å². The van der Waals surface area contributed by atoms with E-state index in [0.29, 0.717) is 0 Å².